The van der Waals surface area contributed by atoms with Crippen LogP contribution in [0.15, 0.2) is 48.7 Å². The molecule has 7 heteroatoms. The second kappa shape index (κ2) is 5.81. The van der Waals surface area contributed by atoms with Crippen molar-refractivity contribution in [2.75, 3.05) is 5.32 Å². The van der Waals surface area contributed by atoms with Crippen LogP contribution in [0.25, 0.3) is 0 Å². The van der Waals surface area contributed by atoms with Gasteiger partial charge in [0.2, 0.25) is 10.0 Å². The van der Waals surface area contributed by atoms with E-state index >= 15 is 0 Å². The van der Waals surface area contributed by atoms with Crippen molar-refractivity contribution in [2.45, 2.75) is 5.75 Å². The lowest BCUT2D eigenvalue weighted by atomic mass is 10.2. The fourth-order valence-corrected chi connectivity index (χ4v) is 2.27. The van der Waals surface area contributed by atoms with Crippen molar-refractivity contribution in [3.8, 4) is 0 Å². The van der Waals surface area contributed by atoms with E-state index in [4.69, 9.17) is 5.14 Å². The van der Waals surface area contributed by atoms with Gasteiger partial charge in [-0.25, -0.2) is 13.6 Å². The second-order valence-corrected chi connectivity index (χ2v) is 5.79. The van der Waals surface area contributed by atoms with Crippen molar-refractivity contribution >= 4 is 21.6 Å². The zero-order chi connectivity index (χ0) is 14.6. The Balaban J connectivity index is 2.06. The molecule has 2 aromatic rings. The molecule has 1 amide bonds. The lowest BCUT2D eigenvalue weighted by Gasteiger charge is -2.05. The number of sulfonamides is 1. The molecule has 1 aromatic heterocycles. The Kier molecular flexibility index (Phi) is 4.11. The third-order valence-corrected chi connectivity index (χ3v) is 3.21. The van der Waals surface area contributed by atoms with Gasteiger partial charge < -0.3 is 5.32 Å². The third kappa shape index (κ3) is 4.15. The molecule has 2 rings (SSSR count). The van der Waals surface area contributed by atoms with Crippen LogP contribution in [0, 0.1) is 0 Å². The van der Waals surface area contributed by atoms with Crippen molar-refractivity contribution in [2.24, 2.45) is 5.14 Å². The topological polar surface area (TPSA) is 102 Å². The molecular formula is C13H13N3O3S. The quantitative estimate of drug-likeness (QED) is 0.881. The van der Waals surface area contributed by atoms with Crippen LogP contribution in [-0.4, -0.2) is 19.3 Å². The van der Waals surface area contributed by atoms with Crippen LogP contribution in [0.4, 0.5) is 5.69 Å². The second-order valence-electron chi connectivity index (χ2n) is 4.17. The highest BCUT2D eigenvalue weighted by atomic mass is 32.2. The first kappa shape index (κ1) is 14.2. The maximum absolute atomic E-state index is 11.8. The van der Waals surface area contributed by atoms with E-state index in [9.17, 15) is 13.2 Å². The average Bonchev–Trinajstić information content (AvgIpc) is 2.40. The molecule has 104 valence electrons. The summed E-state index contributed by atoms with van der Waals surface area (Å²) in [7, 11) is -3.55. The highest BCUT2D eigenvalue weighted by Gasteiger charge is 2.08. The zero-order valence-electron chi connectivity index (χ0n) is 10.5. The SMILES string of the molecule is NS(=O)(=O)Cc1ccc(NC(=O)c2ccccn2)cc1. The first-order chi connectivity index (χ1) is 9.44. The summed E-state index contributed by atoms with van der Waals surface area (Å²) in [5.74, 6) is -0.564. The summed E-state index contributed by atoms with van der Waals surface area (Å²) >= 11 is 0. The summed E-state index contributed by atoms with van der Waals surface area (Å²) in [5.41, 5.74) is 1.42. The number of carbonyl (C=O) groups is 1. The standard InChI is InChI=1S/C13H13N3O3S/c14-20(18,19)9-10-4-6-11(7-5-10)16-13(17)12-3-1-2-8-15-12/h1-8H,9H2,(H,16,17)(H2,14,18,19). The van der Waals surface area contributed by atoms with E-state index < -0.39 is 10.0 Å². The summed E-state index contributed by atoms with van der Waals surface area (Å²) < 4.78 is 21.9. The lowest BCUT2D eigenvalue weighted by Crippen LogP contribution is -2.15. The van der Waals surface area contributed by atoms with Crippen molar-refractivity contribution < 1.29 is 13.2 Å². The van der Waals surface area contributed by atoms with Gasteiger partial charge in [0.05, 0.1) is 5.75 Å². The fraction of sp³-hybridized carbons (Fsp3) is 0.0769. The predicted octanol–water partition coefficient (Wildman–Crippen LogP) is 1.12. The lowest BCUT2D eigenvalue weighted by molar-refractivity contribution is 0.102. The van der Waals surface area contributed by atoms with Gasteiger partial charge in [-0.15, -0.1) is 0 Å². The number of carbonyl (C=O) groups excluding carboxylic acids is 1. The van der Waals surface area contributed by atoms with Crippen molar-refractivity contribution in [3.05, 3.63) is 59.9 Å². The van der Waals surface area contributed by atoms with Gasteiger partial charge in [-0.3, -0.25) is 9.78 Å². The largest absolute Gasteiger partial charge is 0.321 e. The first-order valence-corrected chi connectivity index (χ1v) is 7.47. The van der Waals surface area contributed by atoms with Crippen molar-refractivity contribution in [3.63, 3.8) is 0 Å². The minimum absolute atomic E-state index is 0.235. The van der Waals surface area contributed by atoms with Crippen molar-refractivity contribution in [1.82, 2.24) is 4.98 Å². The Labute approximate surface area is 116 Å². The monoisotopic (exact) mass is 291 g/mol. The van der Waals surface area contributed by atoms with E-state index in [0.717, 1.165) is 0 Å². The molecule has 0 spiro atoms. The molecule has 1 aromatic carbocycles. The minimum atomic E-state index is -3.55. The molecule has 0 aliphatic rings. The summed E-state index contributed by atoms with van der Waals surface area (Å²) in [5, 5.41) is 7.62. The number of anilines is 1. The summed E-state index contributed by atoms with van der Waals surface area (Å²) in [6, 6.07) is 11.5. The van der Waals surface area contributed by atoms with Gasteiger partial charge in [0.1, 0.15) is 5.69 Å². The molecule has 1 heterocycles. The van der Waals surface area contributed by atoms with Gasteiger partial charge in [0, 0.05) is 11.9 Å². The first-order valence-electron chi connectivity index (χ1n) is 5.76. The van der Waals surface area contributed by atoms with E-state index in [1.165, 1.54) is 6.20 Å². The molecule has 0 radical (unpaired) electrons. The Morgan fingerprint density at radius 2 is 1.85 bits per heavy atom. The molecule has 0 bridgehead atoms. The predicted molar refractivity (Wildman–Crippen MR) is 75.4 cm³/mol. The number of nitrogens with one attached hydrogen (secondary N) is 1. The van der Waals surface area contributed by atoms with Gasteiger partial charge in [-0.2, -0.15) is 0 Å². The summed E-state index contributed by atoms with van der Waals surface area (Å²) in [6.45, 7) is 0. The molecule has 0 aliphatic carbocycles. The van der Waals surface area contributed by atoms with E-state index in [-0.39, 0.29) is 11.7 Å². The number of primary sulfonamides is 1. The fourth-order valence-electron chi connectivity index (χ4n) is 1.61. The van der Waals surface area contributed by atoms with Gasteiger partial charge in [0.15, 0.2) is 0 Å². The number of nitrogens with two attached hydrogens (primary N) is 1. The van der Waals surface area contributed by atoms with Gasteiger partial charge in [-0.1, -0.05) is 18.2 Å². The average molecular weight is 291 g/mol. The Morgan fingerprint density at radius 1 is 1.15 bits per heavy atom. The normalized spacial score (nSPS) is 11.1. The number of rotatable bonds is 4. The molecule has 0 unspecified atom stereocenters. The number of nitrogens with zero attached hydrogens (tertiary/aromatic N) is 1. The van der Waals surface area contributed by atoms with Crippen LogP contribution in [0.5, 0.6) is 0 Å². The summed E-state index contributed by atoms with van der Waals surface area (Å²) in [4.78, 5) is 15.8. The summed E-state index contributed by atoms with van der Waals surface area (Å²) in [6.07, 6.45) is 1.53. The molecule has 0 fully saturated rings. The van der Waals surface area contributed by atoms with Crippen LogP contribution >= 0.6 is 0 Å². The Bertz CT molecular complexity index is 697. The molecular weight excluding hydrogens is 278 g/mol. The van der Waals surface area contributed by atoms with Crippen molar-refractivity contribution in [1.29, 1.82) is 0 Å². The molecule has 6 nitrogen and oxygen atoms in total. The highest BCUT2D eigenvalue weighted by molar-refractivity contribution is 7.88. The number of pyridine rings is 1. The smallest absolute Gasteiger partial charge is 0.274 e. The van der Waals surface area contributed by atoms with E-state index in [1.54, 1.807) is 42.5 Å². The number of hydrogen-bond acceptors (Lipinski definition) is 4. The zero-order valence-corrected chi connectivity index (χ0v) is 11.3. The molecule has 0 atom stereocenters. The van der Waals surface area contributed by atoms with Gasteiger partial charge in [0.25, 0.3) is 5.91 Å². The molecule has 20 heavy (non-hydrogen) atoms. The maximum Gasteiger partial charge on any atom is 0.274 e. The van der Waals surface area contributed by atoms with Crippen LogP contribution in [0.1, 0.15) is 16.1 Å². The van der Waals surface area contributed by atoms with Crippen LogP contribution in [0.3, 0.4) is 0 Å². The Hall–Kier alpha value is -2.25. The van der Waals surface area contributed by atoms with Crippen LogP contribution in [0.2, 0.25) is 0 Å². The number of amides is 1. The van der Waals surface area contributed by atoms with Gasteiger partial charge >= 0.3 is 0 Å². The minimum Gasteiger partial charge on any atom is -0.321 e. The molecule has 3 N–H and O–H groups in total. The number of aromatic nitrogens is 1. The molecule has 0 aliphatic heterocycles. The third-order valence-electron chi connectivity index (χ3n) is 2.48. The molecule has 0 saturated heterocycles. The van der Waals surface area contributed by atoms with Crippen LogP contribution < -0.4 is 10.5 Å². The van der Waals surface area contributed by atoms with E-state index in [0.29, 0.717) is 16.9 Å². The number of benzene rings is 1. The Morgan fingerprint density at radius 3 is 2.40 bits per heavy atom. The number of hydrogen-bond donors (Lipinski definition) is 2. The van der Waals surface area contributed by atoms with E-state index in [2.05, 4.69) is 10.3 Å². The maximum atomic E-state index is 11.8. The van der Waals surface area contributed by atoms with Crippen LogP contribution in [-0.2, 0) is 15.8 Å². The highest BCUT2D eigenvalue weighted by Crippen LogP contribution is 2.12. The van der Waals surface area contributed by atoms with E-state index in [1.807, 2.05) is 0 Å². The van der Waals surface area contributed by atoms with Gasteiger partial charge in [-0.05, 0) is 29.8 Å². The molecule has 0 saturated carbocycles.